The average molecular weight is 162 g/mol. The number of hydrogen-bond acceptors (Lipinski definition) is 3. The second-order valence-electron chi connectivity index (χ2n) is 1.89. The van der Waals surface area contributed by atoms with Gasteiger partial charge in [0, 0.05) is 6.92 Å². The lowest BCUT2D eigenvalue weighted by Crippen LogP contribution is -2.01. The van der Waals surface area contributed by atoms with Crippen molar-refractivity contribution < 1.29 is 9.53 Å². The predicted octanol–water partition coefficient (Wildman–Crippen LogP) is 1.69. The molecule has 10 heavy (non-hydrogen) atoms. The number of hydrogen-bond donors (Lipinski definition) is 0. The molecule has 0 aliphatic heterocycles. The summed E-state index contributed by atoms with van der Waals surface area (Å²) < 4.78 is 4.74. The average Bonchev–Trinajstić information content (AvgIpc) is 1.87. The third kappa shape index (κ3) is 7.82. The second kappa shape index (κ2) is 6.93. The van der Waals surface area contributed by atoms with Crippen LogP contribution in [0.25, 0.3) is 0 Å². The van der Waals surface area contributed by atoms with E-state index in [2.05, 4.69) is 6.92 Å². The molecule has 0 saturated heterocycles. The Hall–Kier alpha value is -0.180. The van der Waals surface area contributed by atoms with E-state index in [1.54, 1.807) is 0 Å². The first-order chi connectivity index (χ1) is 4.77. The van der Waals surface area contributed by atoms with Gasteiger partial charge < -0.3 is 4.74 Å². The maximum Gasteiger partial charge on any atom is 0.302 e. The summed E-state index contributed by atoms with van der Waals surface area (Å²) in [4.78, 5) is 10.2. The molecule has 0 aromatic rings. The molecule has 0 heterocycles. The fourth-order valence-electron chi connectivity index (χ4n) is 0.521. The SMILES string of the molecule is CCSCCCOC(C)=O. The smallest absolute Gasteiger partial charge is 0.302 e. The highest BCUT2D eigenvalue weighted by atomic mass is 32.2. The Kier molecular flexibility index (Phi) is 6.81. The zero-order valence-electron chi connectivity index (χ0n) is 6.55. The molecule has 0 N–H and O–H groups in total. The van der Waals surface area contributed by atoms with Crippen LogP contribution in [0.1, 0.15) is 20.3 Å². The van der Waals surface area contributed by atoms with Gasteiger partial charge in [-0.3, -0.25) is 4.79 Å². The topological polar surface area (TPSA) is 26.3 Å². The molecule has 0 aliphatic rings. The summed E-state index contributed by atoms with van der Waals surface area (Å²) in [5.41, 5.74) is 0. The van der Waals surface area contributed by atoms with Crippen molar-refractivity contribution in [3.8, 4) is 0 Å². The maximum atomic E-state index is 10.2. The molecule has 60 valence electrons. The standard InChI is InChI=1S/C7H14O2S/c1-3-10-6-4-5-9-7(2)8/h3-6H2,1-2H3. The molecule has 0 spiro atoms. The Morgan fingerprint density at radius 1 is 1.60 bits per heavy atom. The Balaban J connectivity index is 2.84. The zero-order chi connectivity index (χ0) is 7.82. The molecule has 0 amide bonds. The van der Waals surface area contributed by atoms with Crippen LogP contribution in [0, 0.1) is 0 Å². The molecule has 0 atom stereocenters. The fraction of sp³-hybridized carbons (Fsp3) is 0.857. The first-order valence-electron chi connectivity index (χ1n) is 3.48. The van der Waals surface area contributed by atoms with Crippen LogP contribution in [0.2, 0.25) is 0 Å². The first-order valence-corrected chi connectivity index (χ1v) is 4.64. The Morgan fingerprint density at radius 2 is 2.30 bits per heavy atom. The van der Waals surface area contributed by atoms with Crippen LogP contribution in [0.3, 0.4) is 0 Å². The fourth-order valence-corrected chi connectivity index (χ4v) is 1.13. The van der Waals surface area contributed by atoms with Gasteiger partial charge in [-0.2, -0.15) is 11.8 Å². The van der Waals surface area contributed by atoms with E-state index < -0.39 is 0 Å². The normalized spacial score (nSPS) is 9.40. The van der Waals surface area contributed by atoms with Crippen LogP contribution in [0.5, 0.6) is 0 Å². The molecule has 3 heteroatoms. The molecular weight excluding hydrogens is 148 g/mol. The van der Waals surface area contributed by atoms with E-state index in [9.17, 15) is 4.79 Å². The van der Waals surface area contributed by atoms with Crippen molar-refractivity contribution in [2.45, 2.75) is 20.3 Å². The van der Waals surface area contributed by atoms with Gasteiger partial charge in [0.2, 0.25) is 0 Å². The monoisotopic (exact) mass is 162 g/mol. The number of ether oxygens (including phenoxy) is 1. The molecule has 0 unspecified atom stereocenters. The predicted molar refractivity (Wildman–Crippen MR) is 44.2 cm³/mol. The highest BCUT2D eigenvalue weighted by molar-refractivity contribution is 7.99. The minimum atomic E-state index is -0.179. The van der Waals surface area contributed by atoms with Gasteiger partial charge in [0.05, 0.1) is 6.61 Å². The van der Waals surface area contributed by atoms with Crippen molar-refractivity contribution >= 4 is 17.7 Å². The van der Waals surface area contributed by atoms with Gasteiger partial charge in [-0.05, 0) is 17.9 Å². The van der Waals surface area contributed by atoms with Crippen molar-refractivity contribution in [3.63, 3.8) is 0 Å². The second-order valence-corrected chi connectivity index (χ2v) is 3.28. The van der Waals surface area contributed by atoms with Gasteiger partial charge in [-0.25, -0.2) is 0 Å². The first kappa shape index (κ1) is 9.82. The number of esters is 1. The van der Waals surface area contributed by atoms with Gasteiger partial charge in [0.1, 0.15) is 0 Å². The van der Waals surface area contributed by atoms with Gasteiger partial charge >= 0.3 is 5.97 Å². The quantitative estimate of drug-likeness (QED) is 0.454. The summed E-state index contributed by atoms with van der Waals surface area (Å²) in [7, 11) is 0. The number of carbonyl (C=O) groups is 1. The number of rotatable bonds is 5. The lowest BCUT2D eigenvalue weighted by molar-refractivity contribution is -0.140. The molecular formula is C7H14O2S. The minimum absolute atomic E-state index is 0.179. The summed E-state index contributed by atoms with van der Waals surface area (Å²) in [5.74, 6) is 2.05. The van der Waals surface area contributed by atoms with Crippen LogP contribution in [-0.4, -0.2) is 24.1 Å². The highest BCUT2D eigenvalue weighted by Gasteiger charge is 1.91. The summed E-state index contributed by atoms with van der Waals surface area (Å²) in [6, 6.07) is 0. The van der Waals surface area contributed by atoms with E-state index in [1.807, 2.05) is 11.8 Å². The zero-order valence-corrected chi connectivity index (χ0v) is 7.37. The largest absolute Gasteiger partial charge is 0.466 e. The lowest BCUT2D eigenvalue weighted by Gasteiger charge is -1.99. The van der Waals surface area contributed by atoms with E-state index in [4.69, 9.17) is 4.74 Å². The van der Waals surface area contributed by atoms with E-state index in [0.29, 0.717) is 6.61 Å². The van der Waals surface area contributed by atoms with Crippen molar-refractivity contribution in [2.75, 3.05) is 18.1 Å². The molecule has 0 rings (SSSR count). The Labute approximate surface area is 66.3 Å². The van der Waals surface area contributed by atoms with Gasteiger partial charge in [0.15, 0.2) is 0 Å². The van der Waals surface area contributed by atoms with Crippen molar-refractivity contribution in [2.24, 2.45) is 0 Å². The molecule has 0 bridgehead atoms. The Bertz CT molecular complexity index is 93.6. The van der Waals surface area contributed by atoms with E-state index in [1.165, 1.54) is 6.92 Å². The lowest BCUT2D eigenvalue weighted by atomic mass is 10.5. The van der Waals surface area contributed by atoms with Gasteiger partial charge in [-0.15, -0.1) is 0 Å². The minimum Gasteiger partial charge on any atom is -0.466 e. The van der Waals surface area contributed by atoms with Crippen molar-refractivity contribution in [1.82, 2.24) is 0 Å². The van der Waals surface area contributed by atoms with E-state index in [0.717, 1.165) is 17.9 Å². The highest BCUT2D eigenvalue weighted by Crippen LogP contribution is 2.00. The maximum absolute atomic E-state index is 10.2. The molecule has 0 aromatic heterocycles. The molecule has 0 saturated carbocycles. The molecule has 0 radical (unpaired) electrons. The van der Waals surface area contributed by atoms with Crippen LogP contribution in [0.4, 0.5) is 0 Å². The third-order valence-electron chi connectivity index (χ3n) is 0.942. The van der Waals surface area contributed by atoms with Crippen LogP contribution < -0.4 is 0 Å². The summed E-state index contributed by atoms with van der Waals surface area (Å²) in [6.45, 7) is 4.13. The van der Waals surface area contributed by atoms with Crippen LogP contribution in [-0.2, 0) is 9.53 Å². The molecule has 0 aliphatic carbocycles. The summed E-state index contributed by atoms with van der Waals surface area (Å²) in [6.07, 6.45) is 0.970. The van der Waals surface area contributed by atoms with Crippen molar-refractivity contribution in [3.05, 3.63) is 0 Å². The molecule has 0 fully saturated rings. The third-order valence-corrected chi connectivity index (χ3v) is 1.93. The van der Waals surface area contributed by atoms with Gasteiger partial charge in [0.25, 0.3) is 0 Å². The van der Waals surface area contributed by atoms with E-state index >= 15 is 0 Å². The van der Waals surface area contributed by atoms with E-state index in [-0.39, 0.29) is 5.97 Å². The number of carbonyl (C=O) groups excluding carboxylic acids is 1. The number of thioether (sulfide) groups is 1. The van der Waals surface area contributed by atoms with Gasteiger partial charge in [-0.1, -0.05) is 6.92 Å². The van der Waals surface area contributed by atoms with Crippen LogP contribution in [0.15, 0.2) is 0 Å². The van der Waals surface area contributed by atoms with Crippen LogP contribution >= 0.6 is 11.8 Å². The Morgan fingerprint density at radius 3 is 2.80 bits per heavy atom. The molecule has 0 aromatic carbocycles. The summed E-state index contributed by atoms with van der Waals surface area (Å²) >= 11 is 1.87. The molecule has 2 nitrogen and oxygen atoms in total. The summed E-state index contributed by atoms with van der Waals surface area (Å²) in [5, 5.41) is 0. The van der Waals surface area contributed by atoms with Crippen molar-refractivity contribution in [1.29, 1.82) is 0 Å².